The number of nitrogens with zero attached hydrogens (tertiary/aromatic N) is 3. The van der Waals surface area contributed by atoms with Crippen molar-refractivity contribution in [2.24, 2.45) is 0 Å². The quantitative estimate of drug-likeness (QED) is 0.632. The molecule has 27 heavy (non-hydrogen) atoms. The Morgan fingerprint density at radius 2 is 1.93 bits per heavy atom. The van der Waals surface area contributed by atoms with E-state index in [2.05, 4.69) is 10.3 Å². The van der Waals surface area contributed by atoms with Gasteiger partial charge in [0.15, 0.2) is 0 Å². The summed E-state index contributed by atoms with van der Waals surface area (Å²) >= 11 is 0. The first-order valence-electron chi connectivity index (χ1n) is 9.31. The number of aromatic nitrogens is 1. The van der Waals surface area contributed by atoms with Gasteiger partial charge in [0, 0.05) is 30.9 Å². The van der Waals surface area contributed by atoms with Gasteiger partial charge in [0.2, 0.25) is 0 Å². The fourth-order valence-electron chi connectivity index (χ4n) is 3.33. The smallest absolute Gasteiger partial charge is 0.293 e. The summed E-state index contributed by atoms with van der Waals surface area (Å²) in [4.78, 5) is 29.9. The van der Waals surface area contributed by atoms with Crippen molar-refractivity contribution in [2.75, 3.05) is 18.4 Å². The summed E-state index contributed by atoms with van der Waals surface area (Å²) in [5, 5.41) is 14.7. The van der Waals surface area contributed by atoms with Crippen LogP contribution in [0.2, 0.25) is 0 Å². The van der Waals surface area contributed by atoms with Crippen LogP contribution in [0.3, 0.4) is 0 Å². The van der Waals surface area contributed by atoms with E-state index in [9.17, 15) is 14.9 Å². The third kappa shape index (κ3) is 4.61. The standard InChI is InChI=1S/C20H24N4O3/c1-15(17-8-4-5-11-21-17)22-18-10-9-16(14-19(18)24(26)27)20(25)23-12-6-2-3-7-13-23/h4-5,8-11,14-15,22H,2-3,6-7,12-13H2,1H3/t15-/m0/s1. The van der Waals surface area contributed by atoms with Crippen LogP contribution in [0, 0.1) is 10.1 Å². The second-order valence-corrected chi connectivity index (χ2v) is 6.82. The molecule has 1 fully saturated rings. The van der Waals surface area contributed by atoms with Crippen molar-refractivity contribution in [1.82, 2.24) is 9.88 Å². The molecule has 0 unspecified atom stereocenters. The molecule has 1 amide bonds. The van der Waals surface area contributed by atoms with E-state index in [0.29, 0.717) is 24.3 Å². The fourth-order valence-corrected chi connectivity index (χ4v) is 3.33. The molecular weight excluding hydrogens is 344 g/mol. The van der Waals surface area contributed by atoms with Crippen molar-refractivity contribution in [3.05, 3.63) is 64.0 Å². The normalized spacial score (nSPS) is 15.7. The molecule has 1 aromatic carbocycles. The molecule has 2 aromatic rings. The maximum atomic E-state index is 12.8. The minimum atomic E-state index is -0.452. The number of carbonyl (C=O) groups excluding carboxylic acids is 1. The van der Waals surface area contributed by atoms with Crippen molar-refractivity contribution in [1.29, 1.82) is 0 Å². The Hall–Kier alpha value is -2.96. The minimum Gasteiger partial charge on any atom is -0.371 e. The van der Waals surface area contributed by atoms with Gasteiger partial charge in [-0.15, -0.1) is 0 Å². The molecule has 0 bridgehead atoms. The largest absolute Gasteiger partial charge is 0.371 e. The molecular formula is C20H24N4O3. The molecule has 0 spiro atoms. The lowest BCUT2D eigenvalue weighted by Crippen LogP contribution is -2.31. The van der Waals surface area contributed by atoms with E-state index in [1.807, 2.05) is 25.1 Å². The lowest BCUT2D eigenvalue weighted by atomic mass is 10.1. The van der Waals surface area contributed by atoms with E-state index in [0.717, 1.165) is 31.4 Å². The van der Waals surface area contributed by atoms with E-state index in [1.54, 1.807) is 23.2 Å². The Morgan fingerprint density at radius 3 is 2.56 bits per heavy atom. The van der Waals surface area contributed by atoms with Crippen molar-refractivity contribution in [3.8, 4) is 0 Å². The number of nitro benzene ring substituents is 1. The number of hydrogen-bond acceptors (Lipinski definition) is 5. The van der Waals surface area contributed by atoms with Gasteiger partial charge in [-0.3, -0.25) is 19.9 Å². The van der Waals surface area contributed by atoms with Gasteiger partial charge in [0.05, 0.1) is 16.7 Å². The highest BCUT2D eigenvalue weighted by atomic mass is 16.6. The number of rotatable bonds is 5. The molecule has 7 nitrogen and oxygen atoms in total. The van der Waals surface area contributed by atoms with Crippen molar-refractivity contribution in [3.63, 3.8) is 0 Å². The maximum absolute atomic E-state index is 12.8. The van der Waals surface area contributed by atoms with Crippen LogP contribution in [-0.2, 0) is 0 Å². The highest BCUT2D eigenvalue weighted by molar-refractivity contribution is 5.95. The maximum Gasteiger partial charge on any atom is 0.293 e. The van der Waals surface area contributed by atoms with E-state index >= 15 is 0 Å². The number of hydrogen-bond donors (Lipinski definition) is 1. The molecule has 3 rings (SSSR count). The van der Waals surface area contributed by atoms with Gasteiger partial charge >= 0.3 is 0 Å². The summed E-state index contributed by atoms with van der Waals surface area (Å²) in [6.07, 6.45) is 5.89. The summed E-state index contributed by atoms with van der Waals surface area (Å²) in [7, 11) is 0. The second-order valence-electron chi connectivity index (χ2n) is 6.82. The summed E-state index contributed by atoms with van der Waals surface area (Å²) in [6, 6.07) is 10.0. The third-order valence-corrected chi connectivity index (χ3v) is 4.84. The molecule has 1 aromatic heterocycles. The van der Waals surface area contributed by atoms with Crippen molar-refractivity contribution in [2.45, 2.75) is 38.6 Å². The van der Waals surface area contributed by atoms with Crippen LogP contribution in [0.15, 0.2) is 42.6 Å². The Morgan fingerprint density at radius 1 is 1.19 bits per heavy atom. The predicted octanol–water partition coefficient (Wildman–Crippen LogP) is 4.18. The zero-order valence-corrected chi connectivity index (χ0v) is 15.4. The number of anilines is 1. The van der Waals surface area contributed by atoms with Gasteiger partial charge in [-0.1, -0.05) is 18.9 Å². The first kappa shape index (κ1) is 18.8. The van der Waals surface area contributed by atoms with Crippen LogP contribution in [0.25, 0.3) is 0 Å². The van der Waals surface area contributed by atoms with Gasteiger partial charge < -0.3 is 10.2 Å². The number of amides is 1. The van der Waals surface area contributed by atoms with Crippen molar-refractivity contribution < 1.29 is 9.72 Å². The Kier molecular flexibility index (Phi) is 6.01. The number of nitro groups is 1. The lowest BCUT2D eigenvalue weighted by molar-refractivity contribution is -0.384. The highest BCUT2D eigenvalue weighted by Gasteiger charge is 2.23. The first-order chi connectivity index (χ1) is 13.1. The molecule has 7 heteroatoms. The average molecular weight is 368 g/mol. The molecule has 1 atom stereocenters. The molecule has 2 heterocycles. The van der Waals surface area contributed by atoms with E-state index < -0.39 is 4.92 Å². The average Bonchev–Trinajstić information content (AvgIpc) is 2.97. The number of benzene rings is 1. The lowest BCUT2D eigenvalue weighted by Gasteiger charge is -2.21. The zero-order chi connectivity index (χ0) is 19.2. The molecule has 1 saturated heterocycles. The van der Waals surface area contributed by atoms with Crippen LogP contribution in [0.1, 0.15) is 54.7 Å². The molecule has 1 aliphatic rings. The molecule has 1 aliphatic heterocycles. The van der Waals surface area contributed by atoms with Gasteiger partial charge in [0.25, 0.3) is 11.6 Å². The predicted molar refractivity (Wildman–Crippen MR) is 104 cm³/mol. The topological polar surface area (TPSA) is 88.4 Å². The van der Waals surface area contributed by atoms with Crippen LogP contribution in [0.5, 0.6) is 0 Å². The monoisotopic (exact) mass is 368 g/mol. The first-order valence-corrected chi connectivity index (χ1v) is 9.31. The fraction of sp³-hybridized carbons (Fsp3) is 0.400. The minimum absolute atomic E-state index is 0.0987. The Balaban J connectivity index is 1.82. The molecule has 0 aliphatic carbocycles. The Labute approximate surface area is 158 Å². The summed E-state index contributed by atoms with van der Waals surface area (Å²) in [5.74, 6) is -0.135. The second kappa shape index (κ2) is 8.62. The number of pyridine rings is 1. The van der Waals surface area contributed by atoms with E-state index in [1.165, 1.54) is 6.07 Å². The number of likely N-dealkylation sites (tertiary alicyclic amines) is 1. The summed E-state index contributed by atoms with van der Waals surface area (Å²) in [6.45, 7) is 3.31. The number of nitrogens with one attached hydrogen (secondary N) is 1. The molecule has 1 N–H and O–H groups in total. The van der Waals surface area contributed by atoms with Crippen molar-refractivity contribution >= 4 is 17.3 Å². The Bertz CT molecular complexity index is 802. The SMILES string of the molecule is C[C@H](Nc1ccc(C(=O)N2CCCCCC2)cc1[N+](=O)[O-])c1ccccn1. The van der Waals surface area contributed by atoms with Crippen LogP contribution in [-0.4, -0.2) is 33.8 Å². The van der Waals surface area contributed by atoms with Crippen LogP contribution >= 0.6 is 0 Å². The summed E-state index contributed by atoms with van der Waals surface area (Å²) < 4.78 is 0. The summed E-state index contributed by atoms with van der Waals surface area (Å²) in [5.41, 5.74) is 1.43. The molecule has 0 radical (unpaired) electrons. The number of carbonyl (C=O) groups is 1. The molecule has 0 saturated carbocycles. The van der Waals surface area contributed by atoms with Crippen LogP contribution in [0.4, 0.5) is 11.4 Å². The van der Waals surface area contributed by atoms with Crippen LogP contribution < -0.4 is 5.32 Å². The van der Waals surface area contributed by atoms with E-state index in [-0.39, 0.29) is 17.6 Å². The molecule has 142 valence electrons. The highest BCUT2D eigenvalue weighted by Crippen LogP contribution is 2.29. The van der Waals surface area contributed by atoms with E-state index in [4.69, 9.17) is 0 Å². The zero-order valence-electron chi connectivity index (χ0n) is 15.4. The van der Waals surface area contributed by atoms with Gasteiger partial charge in [-0.05, 0) is 44.0 Å². The van der Waals surface area contributed by atoms with Gasteiger partial charge in [-0.25, -0.2) is 0 Å². The van der Waals surface area contributed by atoms with Gasteiger partial charge in [0.1, 0.15) is 5.69 Å². The third-order valence-electron chi connectivity index (χ3n) is 4.84. The van der Waals surface area contributed by atoms with Gasteiger partial charge in [-0.2, -0.15) is 0 Å².